The average Bonchev–Trinajstić information content (AvgIpc) is 3.28. The van der Waals surface area contributed by atoms with Gasteiger partial charge in [0.25, 0.3) is 0 Å². The van der Waals surface area contributed by atoms with Crippen molar-refractivity contribution in [1.82, 2.24) is 9.88 Å². The van der Waals surface area contributed by atoms with Gasteiger partial charge in [-0.15, -0.1) is 0 Å². The van der Waals surface area contributed by atoms with Gasteiger partial charge in [-0.2, -0.15) is 8.78 Å². The standard InChI is InChI=1S/C22H22F2N2O3/c1-14(2)28-20-9-15(7-8-19(20)29-22(23)24)21-25-18(13-27-21)12-26-10-16-5-3-4-6-17(16)11-26/h3-9,13-14,22H,10-12H2,1-2H3/i10D,11D. The Labute approximate surface area is 170 Å². The maximum Gasteiger partial charge on any atom is 0.387 e. The molecule has 1 aromatic heterocycles. The fourth-order valence-electron chi connectivity index (χ4n) is 3.11. The summed E-state index contributed by atoms with van der Waals surface area (Å²) < 4.78 is 58.0. The number of oxazole rings is 1. The summed E-state index contributed by atoms with van der Waals surface area (Å²) in [5.74, 6) is 0.384. The third-order valence-corrected chi connectivity index (χ3v) is 4.27. The molecule has 1 aliphatic rings. The summed E-state index contributed by atoms with van der Waals surface area (Å²) in [6.45, 7) is -0.446. The Bertz CT molecular complexity index is 1030. The van der Waals surface area contributed by atoms with Crippen LogP contribution >= 0.6 is 0 Å². The average molecular weight is 402 g/mol. The second-order valence-electron chi connectivity index (χ2n) is 6.91. The van der Waals surface area contributed by atoms with Crippen LogP contribution in [0, 0.1) is 0 Å². The topological polar surface area (TPSA) is 47.7 Å². The van der Waals surface area contributed by atoms with Crippen molar-refractivity contribution in [2.24, 2.45) is 0 Å². The number of halogens is 2. The molecule has 2 unspecified atom stereocenters. The first kappa shape index (κ1) is 17.0. The Morgan fingerprint density at radius 2 is 1.83 bits per heavy atom. The lowest BCUT2D eigenvalue weighted by molar-refractivity contribution is -0.0518. The van der Waals surface area contributed by atoms with Crippen LogP contribution in [-0.4, -0.2) is 22.6 Å². The van der Waals surface area contributed by atoms with Crippen molar-refractivity contribution in [3.05, 3.63) is 65.5 Å². The second-order valence-corrected chi connectivity index (χ2v) is 6.91. The highest BCUT2D eigenvalue weighted by Crippen LogP contribution is 2.34. The van der Waals surface area contributed by atoms with Crippen molar-refractivity contribution in [3.8, 4) is 23.0 Å². The summed E-state index contributed by atoms with van der Waals surface area (Å²) in [7, 11) is 0. The van der Waals surface area contributed by atoms with Crippen molar-refractivity contribution in [1.29, 1.82) is 0 Å². The van der Waals surface area contributed by atoms with Gasteiger partial charge in [-0.3, -0.25) is 4.90 Å². The number of alkyl halides is 2. The Balaban J connectivity index is 1.55. The van der Waals surface area contributed by atoms with Gasteiger partial charge < -0.3 is 13.9 Å². The van der Waals surface area contributed by atoms with E-state index in [-0.39, 0.29) is 30.0 Å². The van der Waals surface area contributed by atoms with E-state index in [4.69, 9.17) is 11.9 Å². The molecular weight excluding hydrogens is 378 g/mol. The molecular formula is C22H22F2N2O3. The fraction of sp³-hybridized carbons (Fsp3) is 0.318. The first-order chi connectivity index (χ1) is 14.8. The highest BCUT2D eigenvalue weighted by molar-refractivity contribution is 5.60. The monoisotopic (exact) mass is 402 g/mol. The van der Waals surface area contributed by atoms with E-state index >= 15 is 0 Å². The van der Waals surface area contributed by atoms with Crippen LogP contribution in [-0.2, 0) is 19.6 Å². The van der Waals surface area contributed by atoms with Crippen molar-refractivity contribution in [2.45, 2.75) is 46.1 Å². The SMILES string of the molecule is [2H]C1c2ccccc2C([2H])N1Cc1coc(-c2ccc(OC(F)F)c(OC(C)C)c2)n1. The number of nitrogens with zero attached hydrogens (tertiary/aromatic N) is 2. The summed E-state index contributed by atoms with van der Waals surface area (Å²) in [4.78, 5) is 6.17. The summed E-state index contributed by atoms with van der Waals surface area (Å²) in [5.41, 5.74) is 2.74. The maximum atomic E-state index is 12.7. The summed E-state index contributed by atoms with van der Waals surface area (Å²) >= 11 is 0. The molecule has 0 saturated carbocycles. The smallest absolute Gasteiger partial charge is 0.387 e. The lowest BCUT2D eigenvalue weighted by Gasteiger charge is -2.15. The number of hydrogen-bond acceptors (Lipinski definition) is 5. The van der Waals surface area contributed by atoms with Gasteiger partial charge in [0.2, 0.25) is 5.89 Å². The van der Waals surface area contributed by atoms with E-state index in [1.54, 1.807) is 30.9 Å². The molecule has 4 rings (SSSR count). The van der Waals surface area contributed by atoms with Crippen LogP contribution in [0.3, 0.4) is 0 Å². The molecule has 2 atom stereocenters. The molecule has 29 heavy (non-hydrogen) atoms. The van der Waals surface area contributed by atoms with Crippen LogP contribution in [0.1, 0.15) is 33.4 Å². The van der Waals surface area contributed by atoms with E-state index in [1.165, 1.54) is 12.3 Å². The number of benzene rings is 2. The molecule has 1 aliphatic heterocycles. The first-order valence-corrected chi connectivity index (χ1v) is 9.23. The van der Waals surface area contributed by atoms with E-state index in [9.17, 15) is 8.78 Å². The molecule has 3 aromatic rings. The summed E-state index contributed by atoms with van der Waals surface area (Å²) in [5, 5.41) is 0. The molecule has 0 fully saturated rings. The van der Waals surface area contributed by atoms with Crippen molar-refractivity contribution < 1.29 is 25.4 Å². The first-order valence-electron chi connectivity index (χ1n) is 10.4. The molecule has 0 spiro atoms. The Kier molecular flexibility index (Phi) is 4.80. The van der Waals surface area contributed by atoms with Crippen LogP contribution < -0.4 is 9.47 Å². The van der Waals surface area contributed by atoms with Gasteiger partial charge in [-0.25, -0.2) is 4.98 Å². The van der Waals surface area contributed by atoms with Gasteiger partial charge in [-0.1, -0.05) is 24.3 Å². The molecule has 0 aliphatic carbocycles. The minimum absolute atomic E-state index is 0.0665. The molecule has 0 saturated heterocycles. The van der Waals surface area contributed by atoms with Crippen LogP contribution in [0.4, 0.5) is 8.78 Å². The minimum Gasteiger partial charge on any atom is -0.487 e. The Morgan fingerprint density at radius 1 is 1.10 bits per heavy atom. The zero-order valence-electron chi connectivity index (χ0n) is 18.0. The minimum atomic E-state index is -2.96. The van der Waals surface area contributed by atoms with Crippen molar-refractivity contribution >= 4 is 0 Å². The predicted octanol–water partition coefficient (Wildman–Crippen LogP) is 5.25. The zero-order valence-corrected chi connectivity index (χ0v) is 16.0. The van der Waals surface area contributed by atoms with Crippen LogP contribution in [0.2, 0.25) is 0 Å². The van der Waals surface area contributed by atoms with Gasteiger partial charge >= 0.3 is 6.61 Å². The molecule has 0 bridgehead atoms. The maximum absolute atomic E-state index is 12.7. The van der Waals surface area contributed by atoms with E-state index < -0.39 is 19.7 Å². The van der Waals surface area contributed by atoms with Gasteiger partial charge in [-0.05, 0) is 43.2 Å². The van der Waals surface area contributed by atoms with Gasteiger partial charge in [0.1, 0.15) is 6.26 Å². The van der Waals surface area contributed by atoms with E-state index in [2.05, 4.69) is 9.72 Å². The lowest BCUT2D eigenvalue weighted by Crippen LogP contribution is -2.15. The van der Waals surface area contributed by atoms with Gasteiger partial charge in [0.05, 0.1) is 11.8 Å². The van der Waals surface area contributed by atoms with Gasteiger partial charge in [0, 0.05) is 27.9 Å². The number of rotatable bonds is 7. The highest BCUT2D eigenvalue weighted by Gasteiger charge is 2.20. The highest BCUT2D eigenvalue weighted by atomic mass is 19.3. The van der Waals surface area contributed by atoms with Crippen molar-refractivity contribution in [3.63, 3.8) is 0 Å². The predicted molar refractivity (Wildman–Crippen MR) is 104 cm³/mol. The number of hydrogen-bond donors (Lipinski definition) is 0. The molecule has 5 nitrogen and oxygen atoms in total. The molecule has 152 valence electrons. The van der Waals surface area contributed by atoms with Gasteiger partial charge in [0.15, 0.2) is 11.5 Å². The summed E-state index contributed by atoms with van der Waals surface area (Å²) in [6, 6.07) is 11.9. The lowest BCUT2D eigenvalue weighted by atomic mass is 10.1. The quantitative estimate of drug-likeness (QED) is 0.540. The third kappa shape index (κ3) is 4.56. The molecule has 0 radical (unpaired) electrons. The van der Waals surface area contributed by atoms with Crippen LogP contribution in [0.5, 0.6) is 11.5 Å². The molecule has 0 N–H and O–H groups in total. The normalized spacial score (nSPS) is 19.9. The van der Waals surface area contributed by atoms with Crippen molar-refractivity contribution in [2.75, 3.05) is 0 Å². The largest absolute Gasteiger partial charge is 0.487 e. The second kappa shape index (κ2) is 8.21. The zero-order chi connectivity index (χ0) is 22.1. The molecule has 7 heteroatoms. The third-order valence-electron chi connectivity index (χ3n) is 4.27. The van der Waals surface area contributed by atoms with Crippen LogP contribution in [0.25, 0.3) is 11.5 Å². The molecule has 2 heterocycles. The molecule has 2 aromatic carbocycles. The van der Waals surface area contributed by atoms with E-state index in [0.29, 0.717) is 11.3 Å². The number of fused-ring (bicyclic) bond motifs is 1. The number of aromatic nitrogens is 1. The van der Waals surface area contributed by atoms with Crippen LogP contribution in [0.15, 0.2) is 53.1 Å². The fourth-order valence-corrected chi connectivity index (χ4v) is 3.11. The molecule has 0 amide bonds. The van der Waals surface area contributed by atoms with E-state index in [1.807, 2.05) is 24.3 Å². The Morgan fingerprint density at radius 3 is 2.48 bits per heavy atom. The number of ether oxygens (including phenoxy) is 2. The van der Waals surface area contributed by atoms with E-state index in [0.717, 1.165) is 11.1 Å². The summed E-state index contributed by atoms with van der Waals surface area (Å²) in [6.07, 6.45) is 1.24. The Hall–Kier alpha value is -2.93.